The van der Waals surface area contributed by atoms with E-state index < -0.39 is 0 Å². The summed E-state index contributed by atoms with van der Waals surface area (Å²) >= 11 is 3.57. The van der Waals surface area contributed by atoms with Crippen LogP contribution in [-0.2, 0) is 13.1 Å². The number of aromatic nitrogens is 1. The van der Waals surface area contributed by atoms with E-state index in [2.05, 4.69) is 39.0 Å². The lowest BCUT2D eigenvalue weighted by Crippen LogP contribution is -2.46. The molecule has 4 rings (SSSR count). The number of ether oxygens (including phenoxy) is 1. The molecule has 2 aliphatic heterocycles. The van der Waals surface area contributed by atoms with Crippen molar-refractivity contribution in [3.8, 4) is 5.75 Å². The molecule has 0 spiro atoms. The largest absolute Gasteiger partial charge is 0.496 e. The predicted octanol–water partition coefficient (Wildman–Crippen LogP) is 3.24. The van der Waals surface area contributed by atoms with Crippen molar-refractivity contribution < 1.29 is 4.74 Å². The van der Waals surface area contributed by atoms with Gasteiger partial charge in [-0.25, -0.2) is 0 Å². The van der Waals surface area contributed by atoms with E-state index in [1.807, 2.05) is 16.7 Å². The van der Waals surface area contributed by atoms with Crippen LogP contribution in [0.1, 0.15) is 23.6 Å². The highest BCUT2D eigenvalue weighted by Gasteiger charge is 2.34. The van der Waals surface area contributed by atoms with Gasteiger partial charge in [0, 0.05) is 43.9 Å². The Hall–Kier alpha value is -1.59. The maximum atomic E-state index is 12.1. The van der Waals surface area contributed by atoms with Gasteiger partial charge in [0.2, 0.25) is 0 Å². The molecule has 0 aliphatic carbocycles. The Bertz CT molecular complexity index is 817. The Morgan fingerprint density at radius 2 is 2.08 bits per heavy atom. The van der Waals surface area contributed by atoms with E-state index in [9.17, 15) is 4.79 Å². The fourth-order valence-electron chi connectivity index (χ4n) is 4.19. The second-order valence-electron chi connectivity index (χ2n) is 6.86. The van der Waals surface area contributed by atoms with Crippen molar-refractivity contribution in [2.24, 2.45) is 5.92 Å². The number of fused-ring (bicyclic) bond motifs is 4. The SMILES string of the molecule is COc1ccc(CN2C[C@@H]3C[C@@H](C2)c2cccc(=O)n2C3)cc1Br. The summed E-state index contributed by atoms with van der Waals surface area (Å²) in [5, 5.41) is 0. The molecule has 2 bridgehead atoms. The molecular weight excluding hydrogens is 368 g/mol. The molecule has 126 valence electrons. The molecule has 4 nitrogen and oxygen atoms in total. The van der Waals surface area contributed by atoms with Crippen molar-refractivity contribution in [1.29, 1.82) is 0 Å². The molecule has 0 N–H and O–H groups in total. The molecule has 24 heavy (non-hydrogen) atoms. The number of likely N-dealkylation sites (tertiary alicyclic amines) is 1. The molecule has 1 fully saturated rings. The predicted molar refractivity (Wildman–Crippen MR) is 97.5 cm³/mol. The first-order chi connectivity index (χ1) is 11.6. The van der Waals surface area contributed by atoms with E-state index in [-0.39, 0.29) is 5.56 Å². The molecule has 1 aromatic carbocycles. The van der Waals surface area contributed by atoms with E-state index in [1.54, 1.807) is 13.2 Å². The van der Waals surface area contributed by atoms with Crippen LogP contribution >= 0.6 is 15.9 Å². The van der Waals surface area contributed by atoms with Gasteiger partial charge in [-0.05, 0) is 52.0 Å². The number of nitrogens with zero attached hydrogens (tertiary/aromatic N) is 2. The Morgan fingerprint density at radius 1 is 1.21 bits per heavy atom. The standard InChI is InChI=1S/C19H21BrN2O2/c1-24-18-6-5-13(8-16(18)20)9-21-10-14-7-15(12-21)17-3-2-4-19(23)22(17)11-14/h2-6,8,14-15H,7,9-12H2,1H3/t14-,15-/m0/s1. The molecule has 2 aromatic rings. The number of hydrogen-bond acceptors (Lipinski definition) is 3. The zero-order valence-electron chi connectivity index (χ0n) is 13.7. The second kappa shape index (κ2) is 6.37. The quantitative estimate of drug-likeness (QED) is 0.809. The van der Waals surface area contributed by atoms with E-state index in [0.717, 1.165) is 36.4 Å². The molecule has 2 atom stereocenters. The first-order valence-electron chi connectivity index (χ1n) is 8.38. The van der Waals surface area contributed by atoms with Crippen LogP contribution in [0.15, 0.2) is 45.7 Å². The van der Waals surface area contributed by atoms with E-state index >= 15 is 0 Å². The molecule has 0 radical (unpaired) electrons. The van der Waals surface area contributed by atoms with Crippen LogP contribution in [0.5, 0.6) is 5.75 Å². The Balaban J connectivity index is 1.54. The summed E-state index contributed by atoms with van der Waals surface area (Å²) in [5.41, 5.74) is 2.64. The van der Waals surface area contributed by atoms with E-state index in [1.165, 1.54) is 17.7 Å². The maximum Gasteiger partial charge on any atom is 0.250 e. The van der Waals surface area contributed by atoms with E-state index in [0.29, 0.717) is 11.8 Å². The summed E-state index contributed by atoms with van der Waals surface area (Å²) in [6.45, 7) is 3.87. The molecule has 3 heterocycles. The third kappa shape index (κ3) is 2.91. The van der Waals surface area contributed by atoms with Crippen LogP contribution in [0.25, 0.3) is 0 Å². The molecule has 1 saturated heterocycles. The second-order valence-corrected chi connectivity index (χ2v) is 7.72. The summed E-state index contributed by atoms with van der Waals surface area (Å²) in [6.07, 6.45) is 1.20. The summed E-state index contributed by atoms with van der Waals surface area (Å²) < 4.78 is 8.29. The van der Waals surface area contributed by atoms with Crippen molar-refractivity contribution >= 4 is 15.9 Å². The van der Waals surface area contributed by atoms with Crippen molar-refractivity contribution in [2.75, 3.05) is 20.2 Å². The molecule has 5 heteroatoms. The van der Waals surface area contributed by atoms with Crippen LogP contribution in [0.3, 0.4) is 0 Å². The van der Waals surface area contributed by atoms with Crippen LogP contribution in [0.2, 0.25) is 0 Å². The average Bonchev–Trinajstić information content (AvgIpc) is 2.56. The van der Waals surface area contributed by atoms with Gasteiger partial charge in [0.1, 0.15) is 5.75 Å². The zero-order chi connectivity index (χ0) is 16.7. The van der Waals surface area contributed by atoms with Crippen molar-refractivity contribution in [3.05, 3.63) is 62.5 Å². The summed E-state index contributed by atoms with van der Waals surface area (Å²) in [4.78, 5) is 14.6. The number of hydrogen-bond donors (Lipinski definition) is 0. The zero-order valence-corrected chi connectivity index (χ0v) is 15.3. The minimum atomic E-state index is 0.148. The monoisotopic (exact) mass is 388 g/mol. The first kappa shape index (κ1) is 15.9. The Kier molecular flexibility index (Phi) is 4.22. The lowest BCUT2D eigenvalue weighted by molar-refractivity contribution is 0.114. The number of methoxy groups -OCH3 is 1. The van der Waals surface area contributed by atoms with Gasteiger partial charge < -0.3 is 9.30 Å². The van der Waals surface area contributed by atoms with Gasteiger partial charge in [-0.2, -0.15) is 0 Å². The fraction of sp³-hybridized carbons (Fsp3) is 0.421. The lowest BCUT2D eigenvalue weighted by Gasteiger charge is -2.42. The smallest absolute Gasteiger partial charge is 0.250 e. The Morgan fingerprint density at radius 3 is 2.88 bits per heavy atom. The highest BCUT2D eigenvalue weighted by atomic mass is 79.9. The van der Waals surface area contributed by atoms with Crippen LogP contribution < -0.4 is 10.3 Å². The normalized spacial score (nSPS) is 22.9. The van der Waals surface area contributed by atoms with Crippen molar-refractivity contribution in [2.45, 2.75) is 25.4 Å². The van der Waals surface area contributed by atoms with Gasteiger partial charge in [0.15, 0.2) is 0 Å². The number of rotatable bonds is 3. The maximum absolute atomic E-state index is 12.1. The third-order valence-electron chi connectivity index (χ3n) is 5.18. The minimum absolute atomic E-state index is 0.148. The summed E-state index contributed by atoms with van der Waals surface area (Å²) in [7, 11) is 1.69. The van der Waals surface area contributed by atoms with Gasteiger partial charge in [-0.15, -0.1) is 0 Å². The van der Waals surface area contributed by atoms with Crippen LogP contribution in [-0.4, -0.2) is 29.7 Å². The van der Waals surface area contributed by atoms with Gasteiger partial charge in [0.25, 0.3) is 5.56 Å². The van der Waals surface area contributed by atoms with E-state index in [4.69, 9.17) is 4.74 Å². The van der Waals surface area contributed by atoms with Crippen LogP contribution in [0, 0.1) is 5.92 Å². The average molecular weight is 389 g/mol. The topological polar surface area (TPSA) is 34.5 Å². The van der Waals surface area contributed by atoms with Gasteiger partial charge in [-0.3, -0.25) is 9.69 Å². The molecule has 0 unspecified atom stereocenters. The Labute approximate surface area is 150 Å². The van der Waals surface area contributed by atoms with Gasteiger partial charge >= 0.3 is 0 Å². The number of pyridine rings is 1. The van der Waals surface area contributed by atoms with Crippen molar-refractivity contribution in [3.63, 3.8) is 0 Å². The number of piperidine rings is 1. The molecule has 0 amide bonds. The summed E-state index contributed by atoms with van der Waals surface area (Å²) in [5.74, 6) is 1.90. The molecule has 1 aromatic heterocycles. The number of halogens is 1. The van der Waals surface area contributed by atoms with Crippen LogP contribution in [0.4, 0.5) is 0 Å². The first-order valence-corrected chi connectivity index (χ1v) is 9.18. The third-order valence-corrected chi connectivity index (χ3v) is 5.80. The summed E-state index contributed by atoms with van der Waals surface area (Å²) in [6, 6.07) is 12.0. The minimum Gasteiger partial charge on any atom is -0.496 e. The van der Waals surface area contributed by atoms with Gasteiger partial charge in [0.05, 0.1) is 11.6 Å². The molecular formula is C19H21BrN2O2. The van der Waals surface area contributed by atoms with Crippen molar-refractivity contribution in [1.82, 2.24) is 9.47 Å². The molecule has 0 saturated carbocycles. The lowest BCUT2D eigenvalue weighted by atomic mass is 9.83. The molecule has 2 aliphatic rings. The number of benzene rings is 1. The highest BCUT2D eigenvalue weighted by Crippen LogP contribution is 2.35. The van der Waals surface area contributed by atoms with Gasteiger partial charge in [-0.1, -0.05) is 12.1 Å². The fourth-order valence-corrected chi connectivity index (χ4v) is 4.78. The highest BCUT2D eigenvalue weighted by molar-refractivity contribution is 9.10.